The van der Waals surface area contributed by atoms with E-state index < -0.39 is 5.97 Å². The average Bonchev–Trinajstić information content (AvgIpc) is 2.35. The molecule has 3 atom stereocenters. The standard InChI is InChI=1S/C14H28N2O3/c1-5-10(2)9-15-14(19)16-12(4)8-6-7-11(3)13(17)18/h10-12H,5-9H2,1-4H3,(H,17,18)(H2,15,16,19). The van der Waals surface area contributed by atoms with E-state index in [4.69, 9.17) is 5.11 Å². The summed E-state index contributed by atoms with van der Waals surface area (Å²) < 4.78 is 0. The van der Waals surface area contributed by atoms with E-state index >= 15 is 0 Å². The summed E-state index contributed by atoms with van der Waals surface area (Å²) in [6.07, 6.45) is 3.30. The van der Waals surface area contributed by atoms with Crippen molar-refractivity contribution in [2.45, 2.75) is 59.4 Å². The van der Waals surface area contributed by atoms with Crippen LogP contribution in [0.4, 0.5) is 4.79 Å². The van der Waals surface area contributed by atoms with Crippen LogP contribution in [-0.2, 0) is 4.79 Å². The zero-order valence-corrected chi connectivity index (χ0v) is 12.5. The second-order valence-corrected chi connectivity index (χ2v) is 5.44. The summed E-state index contributed by atoms with van der Waals surface area (Å²) in [5.74, 6) is -0.587. The summed E-state index contributed by atoms with van der Waals surface area (Å²) in [6, 6.07) is -0.0722. The van der Waals surface area contributed by atoms with Crippen LogP contribution in [0.25, 0.3) is 0 Å². The minimum Gasteiger partial charge on any atom is -0.481 e. The molecule has 5 heteroatoms. The number of hydrogen-bond donors (Lipinski definition) is 3. The van der Waals surface area contributed by atoms with Gasteiger partial charge in [-0.2, -0.15) is 0 Å². The number of carbonyl (C=O) groups is 2. The van der Waals surface area contributed by atoms with E-state index in [1.54, 1.807) is 6.92 Å². The first-order valence-electron chi connectivity index (χ1n) is 7.13. The average molecular weight is 272 g/mol. The Morgan fingerprint density at radius 3 is 2.32 bits per heavy atom. The summed E-state index contributed by atoms with van der Waals surface area (Å²) in [4.78, 5) is 22.2. The van der Waals surface area contributed by atoms with Gasteiger partial charge in [0.1, 0.15) is 0 Å². The van der Waals surface area contributed by atoms with E-state index in [-0.39, 0.29) is 18.0 Å². The van der Waals surface area contributed by atoms with Crippen LogP contribution in [0.5, 0.6) is 0 Å². The summed E-state index contributed by atoms with van der Waals surface area (Å²) in [7, 11) is 0. The predicted octanol–water partition coefficient (Wildman–Crippen LogP) is 2.61. The molecule has 3 N–H and O–H groups in total. The first-order valence-corrected chi connectivity index (χ1v) is 7.13. The van der Waals surface area contributed by atoms with Crippen LogP contribution in [0.1, 0.15) is 53.4 Å². The van der Waals surface area contributed by atoms with Gasteiger partial charge in [-0.05, 0) is 25.7 Å². The summed E-state index contributed by atoms with van der Waals surface area (Å²) in [5.41, 5.74) is 0. The third-order valence-corrected chi connectivity index (χ3v) is 3.38. The van der Waals surface area contributed by atoms with Gasteiger partial charge in [0.2, 0.25) is 0 Å². The van der Waals surface area contributed by atoms with Gasteiger partial charge in [0, 0.05) is 12.6 Å². The Morgan fingerprint density at radius 1 is 1.16 bits per heavy atom. The lowest BCUT2D eigenvalue weighted by Crippen LogP contribution is -2.42. The number of carboxylic acid groups (broad SMARTS) is 1. The van der Waals surface area contributed by atoms with Crippen molar-refractivity contribution in [2.75, 3.05) is 6.54 Å². The van der Waals surface area contributed by atoms with Crippen LogP contribution in [0, 0.1) is 11.8 Å². The lowest BCUT2D eigenvalue weighted by Gasteiger charge is -2.16. The number of rotatable bonds is 9. The van der Waals surface area contributed by atoms with Crippen LogP contribution < -0.4 is 10.6 Å². The first-order chi connectivity index (χ1) is 8.86. The highest BCUT2D eigenvalue weighted by Crippen LogP contribution is 2.09. The van der Waals surface area contributed by atoms with Gasteiger partial charge in [0.25, 0.3) is 0 Å². The maximum absolute atomic E-state index is 11.6. The molecule has 0 fully saturated rings. The number of aliphatic carboxylic acids is 1. The van der Waals surface area contributed by atoms with Crippen molar-refractivity contribution in [3.63, 3.8) is 0 Å². The van der Waals surface area contributed by atoms with Gasteiger partial charge >= 0.3 is 12.0 Å². The van der Waals surface area contributed by atoms with Crippen molar-refractivity contribution >= 4 is 12.0 Å². The number of hydrogen-bond acceptors (Lipinski definition) is 2. The highest BCUT2D eigenvalue weighted by atomic mass is 16.4. The number of carbonyl (C=O) groups excluding carboxylic acids is 1. The molecule has 0 aliphatic carbocycles. The summed E-state index contributed by atoms with van der Waals surface area (Å²) in [6.45, 7) is 8.52. The van der Waals surface area contributed by atoms with Gasteiger partial charge in [-0.3, -0.25) is 4.79 Å². The highest BCUT2D eigenvalue weighted by Gasteiger charge is 2.12. The van der Waals surface area contributed by atoms with Crippen molar-refractivity contribution in [3.05, 3.63) is 0 Å². The maximum Gasteiger partial charge on any atom is 0.315 e. The smallest absolute Gasteiger partial charge is 0.315 e. The second kappa shape index (κ2) is 9.64. The molecule has 0 saturated carbocycles. The second-order valence-electron chi connectivity index (χ2n) is 5.44. The fourth-order valence-electron chi connectivity index (χ4n) is 1.61. The Balaban J connectivity index is 3.70. The molecule has 0 aromatic carbocycles. The summed E-state index contributed by atoms with van der Waals surface area (Å²) in [5, 5.41) is 14.5. The van der Waals surface area contributed by atoms with Gasteiger partial charge in [-0.25, -0.2) is 4.79 Å². The Kier molecular flexibility index (Phi) is 9.00. The van der Waals surface area contributed by atoms with E-state index in [2.05, 4.69) is 24.5 Å². The molecular weight excluding hydrogens is 244 g/mol. The monoisotopic (exact) mass is 272 g/mol. The Hall–Kier alpha value is -1.26. The molecule has 112 valence electrons. The number of nitrogens with one attached hydrogen (secondary N) is 2. The van der Waals surface area contributed by atoms with Crippen molar-refractivity contribution in [3.8, 4) is 0 Å². The molecule has 0 bridgehead atoms. The molecule has 0 heterocycles. The van der Waals surface area contributed by atoms with E-state index in [0.29, 0.717) is 18.9 Å². The minimum atomic E-state index is -0.757. The van der Waals surface area contributed by atoms with Gasteiger partial charge < -0.3 is 15.7 Å². The highest BCUT2D eigenvalue weighted by molar-refractivity contribution is 5.74. The molecule has 19 heavy (non-hydrogen) atoms. The van der Waals surface area contributed by atoms with Crippen LogP contribution in [-0.4, -0.2) is 29.7 Å². The molecular formula is C14H28N2O3. The van der Waals surface area contributed by atoms with Crippen LogP contribution in [0.3, 0.4) is 0 Å². The molecule has 0 saturated heterocycles. The van der Waals surface area contributed by atoms with Crippen LogP contribution in [0.15, 0.2) is 0 Å². The van der Waals surface area contributed by atoms with E-state index in [1.807, 2.05) is 6.92 Å². The third kappa shape index (κ3) is 9.33. The number of amides is 2. The molecule has 0 aliphatic heterocycles. The van der Waals surface area contributed by atoms with Gasteiger partial charge in [-0.15, -0.1) is 0 Å². The fourth-order valence-corrected chi connectivity index (χ4v) is 1.61. The van der Waals surface area contributed by atoms with Crippen LogP contribution in [0.2, 0.25) is 0 Å². The number of carboxylic acids is 1. The SMILES string of the molecule is CCC(C)CNC(=O)NC(C)CCCC(C)C(=O)O. The predicted molar refractivity (Wildman–Crippen MR) is 76.1 cm³/mol. The van der Waals surface area contributed by atoms with Gasteiger partial charge in [0.05, 0.1) is 5.92 Å². The molecule has 0 aliphatic rings. The van der Waals surface area contributed by atoms with Crippen LogP contribution >= 0.6 is 0 Å². The molecule has 0 radical (unpaired) electrons. The van der Waals surface area contributed by atoms with Crippen molar-refractivity contribution in [2.24, 2.45) is 11.8 Å². The lowest BCUT2D eigenvalue weighted by atomic mass is 10.0. The minimum absolute atomic E-state index is 0.0675. The first kappa shape index (κ1) is 17.7. The molecule has 0 spiro atoms. The topological polar surface area (TPSA) is 78.4 Å². The Bertz CT molecular complexity index is 282. The van der Waals surface area contributed by atoms with Gasteiger partial charge in [-0.1, -0.05) is 33.6 Å². The maximum atomic E-state index is 11.6. The molecule has 0 aromatic rings. The number of urea groups is 1. The summed E-state index contributed by atoms with van der Waals surface area (Å²) >= 11 is 0. The zero-order chi connectivity index (χ0) is 14.8. The van der Waals surface area contributed by atoms with E-state index in [0.717, 1.165) is 19.3 Å². The zero-order valence-electron chi connectivity index (χ0n) is 12.5. The normalized spacial score (nSPS) is 15.4. The molecule has 3 unspecified atom stereocenters. The molecule has 0 aromatic heterocycles. The fraction of sp³-hybridized carbons (Fsp3) is 0.857. The van der Waals surface area contributed by atoms with E-state index in [9.17, 15) is 9.59 Å². The molecule has 0 rings (SSSR count). The van der Waals surface area contributed by atoms with E-state index in [1.165, 1.54) is 0 Å². The third-order valence-electron chi connectivity index (χ3n) is 3.38. The van der Waals surface area contributed by atoms with Crippen molar-refractivity contribution < 1.29 is 14.7 Å². The Labute approximate surface area is 116 Å². The Morgan fingerprint density at radius 2 is 1.79 bits per heavy atom. The van der Waals surface area contributed by atoms with Gasteiger partial charge in [0.15, 0.2) is 0 Å². The van der Waals surface area contributed by atoms with Crippen molar-refractivity contribution in [1.29, 1.82) is 0 Å². The quantitative estimate of drug-likeness (QED) is 0.603. The largest absolute Gasteiger partial charge is 0.481 e. The molecule has 5 nitrogen and oxygen atoms in total. The molecule has 2 amide bonds. The van der Waals surface area contributed by atoms with Crippen molar-refractivity contribution in [1.82, 2.24) is 10.6 Å². The lowest BCUT2D eigenvalue weighted by molar-refractivity contribution is -0.141.